The van der Waals surface area contributed by atoms with Crippen LogP contribution in [0.4, 0.5) is 0 Å². The van der Waals surface area contributed by atoms with E-state index in [1.807, 2.05) is 0 Å². The molecule has 0 N–H and O–H groups in total. The minimum absolute atomic E-state index is 0.0763. The maximum absolute atomic E-state index is 13.6. The van der Waals surface area contributed by atoms with E-state index >= 15 is 0 Å². The van der Waals surface area contributed by atoms with Gasteiger partial charge < -0.3 is 9.47 Å². The number of halogens is 1. The van der Waals surface area contributed by atoms with Gasteiger partial charge in [0.2, 0.25) is 0 Å². The molecule has 0 bridgehead atoms. The van der Waals surface area contributed by atoms with Gasteiger partial charge in [0.15, 0.2) is 10.5 Å². The van der Waals surface area contributed by atoms with E-state index in [4.69, 9.17) is 9.47 Å². The van der Waals surface area contributed by atoms with E-state index in [1.54, 1.807) is 33.9 Å². The van der Waals surface area contributed by atoms with Gasteiger partial charge in [0.05, 0.1) is 11.6 Å². The van der Waals surface area contributed by atoms with Gasteiger partial charge >= 0.3 is 5.97 Å². The molecule has 1 fully saturated rings. The molecule has 0 spiro atoms. The van der Waals surface area contributed by atoms with Gasteiger partial charge in [-0.1, -0.05) is 0 Å². The normalized spacial score (nSPS) is 21.2. The summed E-state index contributed by atoms with van der Waals surface area (Å²) in [6.07, 6.45) is 4.00. The molecule has 9 nitrogen and oxygen atoms in total. The molecule has 2 aromatic heterocycles. The zero-order valence-corrected chi connectivity index (χ0v) is 18.7. The summed E-state index contributed by atoms with van der Waals surface area (Å²) in [5.41, 5.74) is -0.587. The van der Waals surface area contributed by atoms with Gasteiger partial charge in [0.1, 0.15) is 11.6 Å². The van der Waals surface area contributed by atoms with Crippen molar-refractivity contribution >= 4 is 37.6 Å². The predicted octanol–water partition coefficient (Wildman–Crippen LogP) is 2.38. The number of hydrogen-bond donors (Lipinski definition) is 0. The van der Waals surface area contributed by atoms with Crippen molar-refractivity contribution in [1.82, 2.24) is 18.9 Å². The van der Waals surface area contributed by atoms with Crippen LogP contribution >= 0.6 is 15.9 Å². The van der Waals surface area contributed by atoms with Gasteiger partial charge in [-0.3, -0.25) is 4.79 Å². The Morgan fingerprint density at radius 2 is 2.00 bits per heavy atom. The van der Waals surface area contributed by atoms with Crippen LogP contribution in [-0.4, -0.2) is 58.1 Å². The molecule has 1 saturated heterocycles. The SMILES string of the molecule is COc1nn2cc(Br)cnc2c1S(=O)(=O)N1[C@@H](C)CC[C@H]1C(=O)OC(C)(C)C. The summed E-state index contributed by atoms with van der Waals surface area (Å²) >= 11 is 3.29. The zero-order chi connectivity index (χ0) is 20.9. The van der Waals surface area contributed by atoms with Crippen LogP contribution < -0.4 is 4.74 Å². The minimum Gasteiger partial charge on any atom is -0.479 e. The summed E-state index contributed by atoms with van der Waals surface area (Å²) in [6.45, 7) is 7.01. The molecule has 28 heavy (non-hydrogen) atoms. The van der Waals surface area contributed by atoms with Crippen molar-refractivity contribution in [2.24, 2.45) is 0 Å². The number of methoxy groups -OCH3 is 1. The predicted molar refractivity (Wildman–Crippen MR) is 105 cm³/mol. The molecule has 0 saturated carbocycles. The average Bonchev–Trinajstić information content (AvgIpc) is 3.13. The van der Waals surface area contributed by atoms with Crippen LogP contribution in [0.1, 0.15) is 40.5 Å². The molecule has 0 unspecified atom stereocenters. The van der Waals surface area contributed by atoms with Crippen molar-refractivity contribution in [1.29, 1.82) is 0 Å². The Bertz CT molecular complexity index is 1010. The molecule has 0 aromatic carbocycles. The minimum atomic E-state index is -4.13. The van der Waals surface area contributed by atoms with Crippen molar-refractivity contribution in [3.63, 3.8) is 0 Å². The molecule has 2 aromatic rings. The molecule has 154 valence electrons. The summed E-state index contributed by atoms with van der Waals surface area (Å²) in [4.78, 5) is 16.7. The summed E-state index contributed by atoms with van der Waals surface area (Å²) in [5, 5.41) is 4.16. The Labute approximate surface area is 172 Å². The summed E-state index contributed by atoms with van der Waals surface area (Å²) in [5.74, 6) is -0.640. The van der Waals surface area contributed by atoms with Crippen LogP contribution in [0.5, 0.6) is 5.88 Å². The second-order valence-corrected chi connectivity index (χ2v) is 10.4. The molecule has 2 atom stereocenters. The van der Waals surface area contributed by atoms with Crippen LogP contribution in [0.15, 0.2) is 21.8 Å². The Morgan fingerprint density at radius 1 is 1.32 bits per heavy atom. The van der Waals surface area contributed by atoms with Gasteiger partial charge in [-0.15, -0.1) is 5.10 Å². The zero-order valence-electron chi connectivity index (χ0n) is 16.3. The maximum Gasteiger partial charge on any atom is 0.324 e. The number of carbonyl (C=O) groups excluding carboxylic acids is 1. The largest absolute Gasteiger partial charge is 0.479 e. The van der Waals surface area contributed by atoms with E-state index in [2.05, 4.69) is 26.0 Å². The quantitative estimate of drug-likeness (QED) is 0.626. The van der Waals surface area contributed by atoms with Gasteiger partial charge in [-0.05, 0) is 56.5 Å². The number of rotatable bonds is 4. The molecule has 11 heteroatoms. The topological polar surface area (TPSA) is 103 Å². The fourth-order valence-corrected chi connectivity index (χ4v) is 5.63. The molecule has 1 aliphatic rings. The number of nitrogens with zero attached hydrogens (tertiary/aromatic N) is 4. The Hall–Kier alpha value is -1.72. The molecular formula is C17H23BrN4O5S. The van der Waals surface area contributed by atoms with E-state index in [-0.39, 0.29) is 22.5 Å². The van der Waals surface area contributed by atoms with Crippen LogP contribution in [0, 0.1) is 0 Å². The fraction of sp³-hybridized carbons (Fsp3) is 0.588. The molecule has 3 rings (SSSR count). The average molecular weight is 475 g/mol. The number of fused-ring (bicyclic) bond motifs is 1. The Balaban J connectivity index is 2.11. The van der Waals surface area contributed by atoms with Crippen molar-refractivity contribution in [3.8, 4) is 5.88 Å². The number of hydrogen-bond acceptors (Lipinski definition) is 7. The highest BCUT2D eigenvalue weighted by Gasteiger charge is 2.47. The van der Waals surface area contributed by atoms with Crippen LogP contribution in [0.25, 0.3) is 5.65 Å². The van der Waals surface area contributed by atoms with E-state index < -0.39 is 27.6 Å². The van der Waals surface area contributed by atoms with Crippen molar-refractivity contribution in [2.45, 2.75) is 63.1 Å². The van der Waals surface area contributed by atoms with Crippen LogP contribution in [0.2, 0.25) is 0 Å². The second-order valence-electron chi connectivity index (χ2n) is 7.69. The highest BCUT2D eigenvalue weighted by Crippen LogP contribution is 2.37. The van der Waals surface area contributed by atoms with E-state index in [9.17, 15) is 13.2 Å². The van der Waals surface area contributed by atoms with Crippen LogP contribution in [-0.2, 0) is 19.6 Å². The molecule has 0 radical (unpaired) electrons. The first kappa shape index (κ1) is 21.0. The highest BCUT2D eigenvalue weighted by atomic mass is 79.9. The maximum atomic E-state index is 13.6. The number of aromatic nitrogens is 3. The van der Waals surface area contributed by atoms with Crippen molar-refractivity contribution in [2.75, 3.05) is 7.11 Å². The Morgan fingerprint density at radius 3 is 2.61 bits per heavy atom. The van der Waals surface area contributed by atoms with E-state index in [0.29, 0.717) is 17.3 Å². The van der Waals surface area contributed by atoms with Gasteiger partial charge in [0.25, 0.3) is 15.9 Å². The lowest BCUT2D eigenvalue weighted by Gasteiger charge is -2.28. The molecule has 1 aliphatic heterocycles. The lowest BCUT2D eigenvalue weighted by Crippen LogP contribution is -2.46. The third kappa shape index (κ3) is 3.74. The third-order valence-corrected chi connectivity index (χ3v) is 6.83. The monoisotopic (exact) mass is 474 g/mol. The summed E-state index contributed by atoms with van der Waals surface area (Å²) in [6, 6.07) is -1.29. The number of ether oxygens (including phenoxy) is 2. The number of carbonyl (C=O) groups is 1. The first-order valence-electron chi connectivity index (χ1n) is 8.80. The summed E-state index contributed by atoms with van der Waals surface area (Å²) < 4.78 is 41.0. The third-order valence-electron chi connectivity index (χ3n) is 4.38. The van der Waals surface area contributed by atoms with E-state index in [1.165, 1.54) is 22.1 Å². The first-order valence-corrected chi connectivity index (χ1v) is 11.0. The lowest BCUT2D eigenvalue weighted by atomic mass is 10.1. The Kier molecular flexibility index (Phi) is 5.45. The number of sulfonamides is 1. The number of esters is 1. The van der Waals surface area contributed by atoms with E-state index in [0.717, 1.165) is 0 Å². The highest BCUT2D eigenvalue weighted by molar-refractivity contribution is 9.10. The standard InChI is InChI=1S/C17H23BrN4O5S/c1-10-6-7-12(16(23)27-17(2,3)4)22(10)28(24,25)13-14-19-8-11(18)9-21(14)20-15(13)26-5/h8-10,12H,6-7H2,1-5H3/t10-,12-/m0/s1. The lowest BCUT2D eigenvalue weighted by molar-refractivity contribution is -0.159. The first-order chi connectivity index (χ1) is 13.0. The van der Waals surface area contributed by atoms with Crippen LogP contribution in [0.3, 0.4) is 0 Å². The molecular weight excluding hydrogens is 452 g/mol. The van der Waals surface area contributed by atoms with Crippen molar-refractivity contribution < 1.29 is 22.7 Å². The summed E-state index contributed by atoms with van der Waals surface area (Å²) in [7, 11) is -2.79. The van der Waals surface area contributed by atoms with Gasteiger partial charge in [-0.2, -0.15) is 4.31 Å². The van der Waals surface area contributed by atoms with Crippen molar-refractivity contribution in [3.05, 3.63) is 16.9 Å². The second kappa shape index (κ2) is 7.27. The van der Waals surface area contributed by atoms with Gasteiger partial charge in [0, 0.05) is 18.4 Å². The molecule has 3 heterocycles. The van der Waals surface area contributed by atoms with Gasteiger partial charge in [-0.25, -0.2) is 17.9 Å². The molecule has 0 aliphatic carbocycles. The smallest absolute Gasteiger partial charge is 0.324 e. The fourth-order valence-electron chi connectivity index (χ4n) is 3.29. The molecule has 0 amide bonds.